The summed E-state index contributed by atoms with van der Waals surface area (Å²) in [7, 11) is -0.0396. The molecule has 0 saturated heterocycles. The zero-order valence-corrected chi connectivity index (χ0v) is 15.8. The average molecular weight is 387 g/mol. The Labute approximate surface area is 157 Å². The highest BCUT2D eigenvalue weighted by atomic mass is 32.2. The predicted octanol–water partition coefficient (Wildman–Crippen LogP) is 4.57. The highest BCUT2D eigenvalue weighted by Gasteiger charge is 2.14. The maximum atomic E-state index is 12.6. The van der Waals surface area contributed by atoms with Gasteiger partial charge in [-0.15, -0.1) is 11.3 Å². The molecular weight excluding hydrogens is 370 g/mol. The van der Waals surface area contributed by atoms with Gasteiger partial charge in [0, 0.05) is 4.88 Å². The van der Waals surface area contributed by atoms with Crippen LogP contribution in [0.25, 0.3) is 10.4 Å². The standard InChI is InChI=1S/C19H17NO4S2/c1-12-3-5-13(6-4-12)17-9-10-18(25-17)26(23)20-15-8-7-14(19(21)22)11-16(15)24-2/h3-11,20H,1-2H3,(H,21,22). The van der Waals surface area contributed by atoms with Crippen molar-refractivity contribution in [1.29, 1.82) is 0 Å². The molecule has 1 heterocycles. The predicted molar refractivity (Wildman–Crippen MR) is 104 cm³/mol. The van der Waals surface area contributed by atoms with E-state index in [0.717, 1.165) is 10.4 Å². The molecule has 0 aliphatic heterocycles. The van der Waals surface area contributed by atoms with Gasteiger partial charge in [0.15, 0.2) is 11.0 Å². The Morgan fingerprint density at radius 3 is 2.50 bits per heavy atom. The highest BCUT2D eigenvalue weighted by Crippen LogP contribution is 2.32. The molecule has 2 N–H and O–H groups in total. The second-order valence-corrected chi connectivity index (χ2v) is 8.10. The van der Waals surface area contributed by atoms with E-state index in [9.17, 15) is 9.00 Å². The molecule has 0 radical (unpaired) electrons. The zero-order chi connectivity index (χ0) is 18.7. The third-order valence-electron chi connectivity index (χ3n) is 3.75. The van der Waals surface area contributed by atoms with Gasteiger partial charge < -0.3 is 9.84 Å². The van der Waals surface area contributed by atoms with Gasteiger partial charge in [0.25, 0.3) is 0 Å². The van der Waals surface area contributed by atoms with E-state index in [-0.39, 0.29) is 5.56 Å². The van der Waals surface area contributed by atoms with Crippen LogP contribution in [0.15, 0.2) is 58.8 Å². The van der Waals surface area contributed by atoms with E-state index in [4.69, 9.17) is 9.84 Å². The fraction of sp³-hybridized carbons (Fsp3) is 0.105. The Kier molecular flexibility index (Phi) is 5.39. The van der Waals surface area contributed by atoms with Crippen molar-refractivity contribution in [2.24, 2.45) is 0 Å². The van der Waals surface area contributed by atoms with Crippen molar-refractivity contribution in [2.45, 2.75) is 11.1 Å². The van der Waals surface area contributed by atoms with Crippen LogP contribution in [-0.2, 0) is 11.0 Å². The fourth-order valence-corrected chi connectivity index (χ4v) is 4.45. The van der Waals surface area contributed by atoms with Gasteiger partial charge in [-0.2, -0.15) is 0 Å². The van der Waals surface area contributed by atoms with Crippen LogP contribution in [-0.4, -0.2) is 22.4 Å². The van der Waals surface area contributed by atoms with E-state index in [1.807, 2.05) is 43.3 Å². The molecule has 0 spiro atoms. The van der Waals surface area contributed by atoms with E-state index >= 15 is 0 Å². The minimum atomic E-state index is -1.48. The number of benzene rings is 2. The molecule has 26 heavy (non-hydrogen) atoms. The summed E-state index contributed by atoms with van der Waals surface area (Å²) in [6.07, 6.45) is 0. The molecule has 0 aliphatic rings. The lowest BCUT2D eigenvalue weighted by Crippen LogP contribution is -2.06. The zero-order valence-electron chi connectivity index (χ0n) is 14.2. The highest BCUT2D eigenvalue weighted by molar-refractivity contribution is 7.88. The van der Waals surface area contributed by atoms with Gasteiger partial charge in [0.1, 0.15) is 9.96 Å². The summed E-state index contributed by atoms with van der Waals surface area (Å²) < 4.78 is 21.4. The molecule has 0 aliphatic carbocycles. The van der Waals surface area contributed by atoms with Crippen molar-refractivity contribution < 1.29 is 18.8 Å². The minimum absolute atomic E-state index is 0.107. The molecule has 0 amide bonds. The third kappa shape index (κ3) is 3.95. The quantitative estimate of drug-likeness (QED) is 0.650. The third-order valence-corrected chi connectivity index (χ3v) is 6.29. The first-order valence-corrected chi connectivity index (χ1v) is 9.71. The number of thiophene rings is 1. The summed E-state index contributed by atoms with van der Waals surface area (Å²) in [5, 5.41) is 9.05. The molecule has 1 atom stereocenters. The van der Waals surface area contributed by atoms with Gasteiger partial charge in [-0.05, 0) is 42.8 Å². The summed E-state index contributed by atoms with van der Waals surface area (Å²) in [5.74, 6) is -0.717. The number of ether oxygens (including phenoxy) is 1. The second-order valence-electron chi connectivity index (χ2n) is 5.58. The number of nitrogens with one attached hydrogen (secondary N) is 1. The summed E-state index contributed by atoms with van der Waals surface area (Å²) in [6, 6.07) is 16.3. The fourth-order valence-electron chi connectivity index (χ4n) is 2.35. The molecular formula is C19H17NO4S2. The lowest BCUT2D eigenvalue weighted by Gasteiger charge is -2.10. The summed E-state index contributed by atoms with van der Waals surface area (Å²) >= 11 is 1.44. The van der Waals surface area contributed by atoms with Gasteiger partial charge in [-0.25, -0.2) is 9.00 Å². The number of methoxy groups -OCH3 is 1. The van der Waals surface area contributed by atoms with Gasteiger partial charge in [0.2, 0.25) is 0 Å². The molecule has 3 rings (SSSR count). The van der Waals surface area contributed by atoms with Crippen molar-refractivity contribution in [2.75, 3.05) is 11.8 Å². The molecule has 2 aromatic carbocycles. The van der Waals surface area contributed by atoms with Crippen molar-refractivity contribution >= 4 is 34.0 Å². The Morgan fingerprint density at radius 1 is 1.12 bits per heavy atom. The van der Waals surface area contributed by atoms with Crippen LogP contribution in [0.3, 0.4) is 0 Å². The normalized spacial score (nSPS) is 11.8. The van der Waals surface area contributed by atoms with Crippen molar-refractivity contribution in [1.82, 2.24) is 0 Å². The van der Waals surface area contributed by atoms with Gasteiger partial charge >= 0.3 is 5.97 Å². The van der Waals surface area contributed by atoms with Crippen molar-refractivity contribution in [3.8, 4) is 16.2 Å². The Hall–Kier alpha value is -2.64. The molecule has 0 fully saturated rings. The largest absolute Gasteiger partial charge is 0.495 e. The number of anilines is 1. The van der Waals surface area contributed by atoms with Crippen LogP contribution in [0.4, 0.5) is 5.69 Å². The molecule has 0 saturated carbocycles. The molecule has 1 aromatic heterocycles. The van der Waals surface area contributed by atoms with E-state index < -0.39 is 17.0 Å². The number of carbonyl (C=O) groups is 1. The SMILES string of the molecule is COc1cc(C(=O)O)ccc1NS(=O)c1ccc(-c2ccc(C)cc2)s1. The molecule has 1 unspecified atom stereocenters. The van der Waals surface area contributed by atoms with Gasteiger partial charge in [-0.1, -0.05) is 29.8 Å². The Morgan fingerprint density at radius 2 is 1.85 bits per heavy atom. The maximum absolute atomic E-state index is 12.6. The van der Waals surface area contributed by atoms with Gasteiger partial charge in [-0.3, -0.25) is 4.72 Å². The molecule has 7 heteroatoms. The first-order chi connectivity index (χ1) is 12.5. The average Bonchev–Trinajstić information content (AvgIpc) is 3.12. The number of rotatable bonds is 6. The van der Waals surface area contributed by atoms with Crippen molar-refractivity contribution in [3.63, 3.8) is 0 Å². The van der Waals surface area contributed by atoms with E-state index in [1.165, 1.54) is 36.1 Å². The van der Waals surface area contributed by atoms with Gasteiger partial charge in [0.05, 0.1) is 18.4 Å². The van der Waals surface area contributed by atoms with Crippen molar-refractivity contribution in [3.05, 3.63) is 65.7 Å². The number of hydrogen-bond acceptors (Lipinski definition) is 4. The number of carboxylic acid groups (broad SMARTS) is 1. The van der Waals surface area contributed by atoms with Crippen LogP contribution in [0, 0.1) is 6.92 Å². The van der Waals surface area contributed by atoms with E-state index in [1.54, 1.807) is 6.07 Å². The topological polar surface area (TPSA) is 75.6 Å². The summed E-state index contributed by atoms with van der Waals surface area (Å²) in [4.78, 5) is 12.1. The van der Waals surface area contributed by atoms with Crippen LogP contribution < -0.4 is 9.46 Å². The van der Waals surface area contributed by atoms with E-state index in [0.29, 0.717) is 15.6 Å². The lowest BCUT2D eigenvalue weighted by molar-refractivity contribution is 0.0696. The lowest BCUT2D eigenvalue weighted by atomic mass is 10.1. The molecule has 3 aromatic rings. The number of carboxylic acids is 1. The first kappa shape index (κ1) is 18.2. The minimum Gasteiger partial charge on any atom is -0.495 e. The van der Waals surface area contributed by atoms with E-state index in [2.05, 4.69) is 4.72 Å². The van der Waals surface area contributed by atoms with Crippen LogP contribution in [0.1, 0.15) is 15.9 Å². The molecule has 0 bridgehead atoms. The van der Waals surface area contributed by atoms with Crippen LogP contribution >= 0.6 is 11.3 Å². The molecule has 5 nitrogen and oxygen atoms in total. The summed E-state index contributed by atoms with van der Waals surface area (Å²) in [6.45, 7) is 2.03. The number of aromatic carboxylic acids is 1. The first-order valence-electron chi connectivity index (χ1n) is 7.74. The smallest absolute Gasteiger partial charge is 0.335 e. The second kappa shape index (κ2) is 7.72. The van der Waals surface area contributed by atoms with Crippen LogP contribution in [0.5, 0.6) is 5.75 Å². The van der Waals surface area contributed by atoms with Crippen LogP contribution in [0.2, 0.25) is 0 Å². The summed E-state index contributed by atoms with van der Waals surface area (Å²) in [5.41, 5.74) is 2.84. The monoisotopic (exact) mass is 387 g/mol. The number of hydrogen-bond donors (Lipinski definition) is 2. The Balaban J connectivity index is 1.80. The Bertz CT molecular complexity index is 964. The maximum Gasteiger partial charge on any atom is 0.335 e. The number of aryl methyl sites for hydroxylation is 1. The molecule has 134 valence electrons.